The average molecular weight is 521 g/mol. The van der Waals surface area contributed by atoms with Crippen LogP contribution in [-0.2, 0) is 14.8 Å². The maximum atomic E-state index is 13.8. The van der Waals surface area contributed by atoms with Gasteiger partial charge in [-0.1, -0.05) is 24.3 Å². The number of fused-ring (bicyclic) bond motifs is 2. The van der Waals surface area contributed by atoms with Gasteiger partial charge in [0.05, 0.1) is 42.4 Å². The molecule has 1 aliphatic heterocycles. The number of hydrogen-bond donors (Lipinski definition) is 0. The third kappa shape index (κ3) is 4.19. The minimum atomic E-state index is -4.05. The molecule has 0 saturated carbocycles. The highest BCUT2D eigenvalue weighted by Gasteiger charge is 2.38. The van der Waals surface area contributed by atoms with Crippen LogP contribution in [0.15, 0.2) is 77.8 Å². The van der Waals surface area contributed by atoms with Crippen LogP contribution >= 0.6 is 0 Å². The normalized spacial score (nSPS) is 15.1. The van der Waals surface area contributed by atoms with Crippen molar-refractivity contribution in [2.24, 2.45) is 0 Å². The van der Waals surface area contributed by atoms with Crippen molar-refractivity contribution >= 4 is 38.5 Å². The van der Waals surface area contributed by atoms with E-state index in [1.807, 2.05) is 6.92 Å². The van der Waals surface area contributed by atoms with E-state index in [1.165, 1.54) is 41.4 Å². The predicted octanol–water partition coefficient (Wildman–Crippen LogP) is 4.04. The van der Waals surface area contributed by atoms with Gasteiger partial charge in [-0.05, 0) is 55.0 Å². The summed E-state index contributed by atoms with van der Waals surface area (Å²) >= 11 is 0. The number of methoxy groups -OCH3 is 2. The maximum absolute atomic E-state index is 13.8. The zero-order chi connectivity index (χ0) is 26.3. The minimum absolute atomic E-state index is 0.0484. The molecule has 0 fully saturated rings. The molecule has 0 saturated heterocycles. The molecule has 0 radical (unpaired) electrons. The molecule has 0 amide bonds. The lowest BCUT2D eigenvalue weighted by atomic mass is 10.1. The first-order valence-electron chi connectivity index (χ1n) is 11.4. The number of rotatable bonds is 5. The van der Waals surface area contributed by atoms with E-state index in [4.69, 9.17) is 14.2 Å². The molecule has 0 aliphatic carbocycles. The Morgan fingerprint density at radius 1 is 1.00 bits per heavy atom. The fraction of sp³-hybridized carbons (Fsp3) is 0.185. The van der Waals surface area contributed by atoms with E-state index in [0.717, 1.165) is 5.56 Å². The third-order valence-corrected chi connectivity index (χ3v) is 8.06. The monoisotopic (exact) mass is 520 g/mol. The number of para-hydroxylation sites is 1. The number of benzene rings is 3. The van der Waals surface area contributed by atoms with Crippen LogP contribution in [0.2, 0.25) is 0 Å². The molecular formula is C27H24N2O7S. The van der Waals surface area contributed by atoms with Crippen molar-refractivity contribution < 1.29 is 32.2 Å². The maximum Gasteiger partial charge on any atom is 0.340 e. The van der Waals surface area contributed by atoms with Gasteiger partial charge in [-0.25, -0.2) is 13.2 Å². The lowest BCUT2D eigenvalue weighted by Crippen LogP contribution is -2.48. The summed E-state index contributed by atoms with van der Waals surface area (Å²) in [5.41, 5.74) is 1.88. The van der Waals surface area contributed by atoms with Crippen LogP contribution in [0.4, 0.5) is 5.69 Å². The van der Waals surface area contributed by atoms with Gasteiger partial charge in [0, 0.05) is 11.6 Å². The highest BCUT2D eigenvalue weighted by Crippen LogP contribution is 2.38. The van der Waals surface area contributed by atoms with Crippen molar-refractivity contribution in [1.29, 1.82) is 0 Å². The van der Waals surface area contributed by atoms with Crippen LogP contribution in [-0.4, -0.2) is 51.7 Å². The Balaban J connectivity index is 1.59. The third-order valence-electron chi connectivity index (χ3n) is 6.26. The standard InChI is InChI=1S/C27H24N2O7S/c1-17-8-13-23-24(14-17)36-25(16-29(23)37(32,33)19-11-9-18(34-2)10-12-19)26(30)28-15-21(27(31)35-3)20-6-4-5-7-22(20)28/h4-15,25H,16H2,1-3H3. The van der Waals surface area contributed by atoms with Crippen molar-refractivity contribution in [3.8, 4) is 11.5 Å². The fourth-order valence-corrected chi connectivity index (χ4v) is 5.86. The number of aryl methyl sites for hydroxylation is 1. The van der Waals surface area contributed by atoms with Crippen LogP contribution in [0.1, 0.15) is 20.7 Å². The summed E-state index contributed by atoms with van der Waals surface area (Å²) < 4.78 is 46.0. The van der Waals surface area contributed by atoms with E-state index in [1.54, 1.807) is 54.6 Å². The van der Waals surface area contributed by atoms with Gasteiger partial charge in [0.25, 0.3) is 15.9 Å². The topological polar surface area (TPSA) is 104 Å². The van der Waals surface area contributed by atoms with E-state index < -0.39 is 28.0 Å². The van der Waals surface area contributed by atoms with Crippen molar-refractivity contribution in [2.75, 3.05) is 25.1 Å². The van der Waals surface area contributed by atoms with Crippen LogP contribution in [0.25, 0.3) is 10.9 Å². The van der Waals surface area contributed by atoms with Crippen molar-refractivity contribution in [2.45, 2.75) is 17.9 Å². The van der Waals surface area contributed by atoms with E-state index in [2.05, 4.69) is 0 Å². The summed E-state index contributed by atoms with van der Waals surface area (Å²) in [6.45, 7) is 1.59. The van der Waals surface area contributed by atoms with Gasteiger partial charge in [0.2, 0.25) is 0 Å². The molecule has 0 N–H and O–H groups in total. The van der Waals surface area contributed by atoms with Gasteiger partial charge in [0.1, 0.15) is 11.5 Å². The Hall–Kier alpha value is -4.31. The molecule has 2 heterocycles. The zero-order valence-electron chi connectivity index (χ0n) is 20.4. The summed E-state index contributed by atoms with van der Waals surface area (Å²) in [6.07, 6.45) is 0.222. The minimum Gasteiger partial charge on any atom is -0.497 e. The Kier molecular flexibility index (Phi) is 6.12. The molecule has 9 nitrogen and oxygen atoms in total. The number of sulfonamides is 1. The van der Waals surface area contributed by atoms with Crippen molar-refractivity contribution in [3.63, 3.8) is 0 Å². The van der Waals surface area contributed by atoms with Gasteiger partial charge in [-0.15, -0.1) is 0 Å². The molecule has 190 valence electrons. The first-order valence-corrected chi connectivity index (χ1v) is 12.9. The highest BCUT2D eigenvalue weighted by atomic mass is 32.2. The number of aromatic nitrogens is 1. The Morgan fingerprint density at radius 2 is 1.73 bits per heavy atom. The molecule has 5 rings (SSSR count). The smallest absolute Gasteiger partial charge is 0.340 e. The van der Waals surface area contributed by atoms with Crippen LogP contribution in [0.3, 0.4) is 0 Å². The molecule has 4 aromatic rings. The number of carbonyl (C=O) groups excluding carboxylic acids is 2. The molecule has 10 heteroatoms. The van der Waals surface area contributed by atoms with Crippen molar-refractivity contribution in [3.05, 3.63) is 84.1 Å². The fourth-order valence-electron chi connectivity index (χ4n) is 4.38. The molecule has 1 unspecified atom stereocenters. The SMILES string of the molecule is COC(=O)c1cn(C(=O)C2CN(S(=O)(=O)c3ccc(OC)cc3)c3ccc(C)cc3O2)c2ccccc12. The Labute approximate surface area is 213 Å². The second-order valence-corrected chi connectivity index (χ2v) is 10.4. The van der Waals surface area contributed by atoms with Gasteiger partial charge in [0.15, 0.2) is 6.10 Å². The van der Waals surface area contributed by atoms with Crippen molar-refractivity contribution in [1.82, 2.24) is 4.57 Å². The number of ether oxygens (including phenoxy) is 3. The van der Waals surface area contributed by atoms with Gasteiger partial charge >= 0.3 is 5.97 Å². The lowest BCUT2D eigenvalue weighted by molar-refractivity contribution is 0.0602. The number of esters is 1. The molecule has 1 atom stereocenters. The second kappa shape index (κ2) is 9.29. The molecule has 0 spiro atoms. The quantitative estimate of drug-likeness (QED) is 0.366. The molecule has 1 aliphatic rings. The summed E-state index contributed by atoms with van der Waals surface area (Å²) in [5, 5.41) is 0.539. The van der Waals surface area contributed by atoms with Gasteiger partial charge in [-0.2, -0.15) is 0 Å². The van der Waals surface area contributed by atoms with Crippen LogP contribution in [0.5, 0.6) is 11.5 Å². The predicted molar refractivity (Wildman–Crippen MR) is 137 cm³/mol. The number of hydrogen-bond acceptors (Lipinski definition) is 7. The summed E-state index contributed by atoms with van der Waals surface area (Å²) in [5.74, 6) is -0.317. The molecule has 3 aromatic carbocycles. The van der Waals surface area contributed by atoms with E-state index >= 15 is 0 Å². The summed E-state index contributed by atoms with van der Waals surface area (Å²) in [4.78, 5) is 26.2. The largest absolute Gasteiger partial charge is 0.497 e. The molecular weight excluding hydrogens is 496 g/mol. The Bertz CT molecular complexity index is 1620. The lowest BCUT2D eigenvalue weighted by Gasteiger charge is -2.35. The number of anilines is 1. The first kappa shape index (κ1) is 24.4. The average Bonchev–Trinajstić information content (AvgIpc) is 3.31. The van der Waals surface area contributed by atoms with E-state index in [0.29, 0.717) is 22.3 Å². The number of nitrogens with zero attached hydrogens (tertiary/aromatic N) is 2. The first-order chi connectivity index (χ1) is 17.7. The van der Waals surface area contributed by atoms with Gasteiger partial charge in [-0.3, -0.25) is 13.7 Å². The zero-order valence-corrected chi connectivity index (χ0v) is 21.2. The Morgan fingerprint density at radius 3 is 2.43 bits per heavy atom. The molecule has 1 aromatic heterocycles. The van der Waals surface area contributed by atoms with Crippen LogP contribution < -0.4 is 13.8 Å². The number of carbonyl (C=O) groups is 2. The van der Waals surface area contributed by atoms with Gasteiger partial charge < -0.3 is 14.2 Å². The molecule has 37 heavy (non-hydrogen) atoms. The molecule has 0 bridgehead atoms. The second-order valence-electron chi connectivity index (χ2n) is 8.55. The highest BCUT2D eigenvalue weighted by molar-refractivity contribution is 7.92. The summed E-state index contributed by atoms with van der Waals surface area (Å²) in [7, 11) is -1.29. The summed E-state index contributed by atoms with van der Waals surface area (Å²) in [6, 6.07) is 18.1. The van der Waals surface area contributed by atoms with Crippen LogP contribution in [0, 0.1) is 6.92 Å². The van der Waals surface area contributed by atoms with E-state index in [9.17, 15) is 18.0 Å². The van der Waals surface area contributed by atoms with E-state index in [-0.39, 0.29) is 22.8 Å².